The lowest BCUT2D eigenvalue weighted by molar-refractivity contribution is -0.139. The lowest BCUT2D eigenvalue weighted by Crippen LogP contribution is -2.48. The number of nitrogens with one attached hydrogen (secondary N) is 2. The fourth-order valence-electron chi connectivity index (χ4n) is 1.01. The zero-order valence-corrected chi connectivity index (χ0v) is 11.5. The predicted octanol–water partition coefficient (Wildman–Crippen LogP) is -0.244. The van der Waals surface area contributed by atoms with E-state index in [9.17, 15) is 14.4 Å². The van der Waals surface area contributed by atoms with Gasteiger partial charge in [0.15, 0.2) is 0 Å². The van der Waals surface area contributed by atoms with Gasteiger partial charge >= 0.3 is 12.0 Å². The fourth-order valence-corrected chi connectivity index (χ4v) is 1.86. The average molecular weight is 277 g/mol. The first-order valence-corrected chi connectivity index (χ1v) is 6.39. The molecule has 0 radical (unpaired) electrons. The van der Waals surface area contributed by atoms with E-state index < -0.39 is 28.7 Å². The van der Waals surface area contributed by atoms with Crippen LogP contribution in [0.4, 0.5) is 4.79 Å². The van der Waals surface area contributed by atoms with Gasteiger partial charge < -0.3 is 16.2 Å². The molecular formula is C10H19N3O4S. The Morgan fingerprint density at radius 2 is 1.94 bits per heavy atom. The highest BCUT2D eigenvalue weighted by molar-refractivity contribution is 8.01. The van der Waals surface area contributed by atoms with Crippen LogP contribution < -0.4 is 16.4 Å². The number of imide groups is 1. The van der Waals surface area contributed by atoms with E-state index in [0.29, 0.717) is 6.54 Å². The van der Waals surface area contributed by atoms with Gasteiger partial charge in [-0.3, -0.25) is 14.9 Å². The molecule has 0 aliphatic carbocycles. The Morgan fingerprint density at radius 1 is 1.39 bits per heavy atom. The summed E-state index contributed by atoms with van der Waals surface area (Å²) in [7, 11) is 0. The van der Waals surface area contributed by atoms with Crippen molar-refractivity contribution >= 4 is 29.7 Å². The smallest absolute Gasteiger partial charge is 0.321 e. The van der Waals surface area contributed by atoms with Crippen molar-refractivity contribution in [1.29, 1.82) is 0 Å². The fraction of sp³-hybridized carbons (Fsp3) is 0.700. The van der Waals surface area contributed by atoms with Crippen LogP contribution in [0.2, 0.25) is 0 Å². The van der Waals surface area contributed by atoms with E-state index in [-0.39, 0.29) is 5.75 Å². The van der Waals surface area contributed by atoms with Crippen molar-refractivity contribution < 1.29 is 19.5 Å². The average Bonchev–Trinajstić information content (AvgIpc) is 2.25. The number of carboxylic acid groups (broad SMARTS) is 1. The number of urea groups is 1. The van der Waals surface area contributed by atoms with E-state index in [0.717, 1.165) is 11.8 Å². The number of carboxylic acids is 1. The third-order valence-electron chi connectivity index (χ3n) is 2.18. The van der Waals surface area contributed by atoms with Crippen LogP contribution in [0, 0.1) is 0 Å². The van der Waals surface area contributed by atoms with Crippen molar-refractivity contribution in [3.8, 4) is 0 Å². The Balaban J connectivity index is 4.19. The summed E-state index contributed by atoms with van der Waals surface area (Å²) in [6.45, 7) is 5.42. The number of hydrogen-bond donors (Lipinski definition) is 4. The second-order valence-corrected chi connectivity index (χ2v) is 5.75. The minimum atomic E-state index is -1.13. The minimum absolute atomic E-state index is 0.0366. The SMILES string of the molecule is CCNC(=O)NC(=O)CSC(C)(C)[C@@H](N)C(=O)O. The molecule has 0 bridgehead atoms. The number of aliphatic carboxylic acids is 1. The van der Waals surface area contributed by atoms with Gasteiger partial charge in [-0.15, -0.1) is 11.8 Å². The first-order valence-electron chi connectivity index (χ1n) is 5.40. The molecule has 0 unspecified atom stereocenters. The summed E-state index contributed by atoms with van der Waals surface area (Å²) in [4.78, 5) is 33.2. The molecule has 0 fully saturated rings. The molecule has 0 aliphatic heterocycles. The normalized spacial score (nSPS) is 12.7. The van der Waals surface area contributed by atoms with Crippen LogP contribution in [-0.2, 0) is 9.59 Å². The van der Waals surface area contributed by atoms with E-state index in [4.69, 9.17) is 10.8 Å². The zero-order chi connectivity index (χ0) is 14.3. The van der Waals surface area contributed by atoms with Gasteiger partial charge in [0.25, 0.3) is 0 Å². The molecule has 18 heavy (non-hydrogen) atoms. The van der Waals surface area contributed by atoms with Gasteiger partial charge in [-0.05, 0) is 20.8 Å². The highest BCUT2D eigenvalue weighted by Gasteiger charge is 2.33. The second-order valence-electron chi connectivity index (χ2n) is 4.12. The van der Waals surface area contributed by atoms with Gasteiger partial charge in [0.05, 0.1) is 5.75 Å². The van der Waals surface area contributed by atoms with Crippen molar-refractivity contribution in [2.24, 2.45) is 5.73 Å². The summed E-state index contributed by atoms with van der Waals surface area (Å²) >= 11 is 1.09. The van der Waals surface area contributed by atoms with Crippen LogP contribution in [0.1, 0.15) is 20.8 Å². The van der Waals surface area contributed by atoms with E-state index >= 15 is 0 Å². The van der Waals surface area contributed by atoms with E-state index in [2.05, 4.69) is 10.6 Å². The van der Waals surface area contributed by atoms with Crippen LogP contribution in [0.25, 0.3) is 0 Å². The minimum Gasteiger partial charge on any atom is -0.480 e. The molecule has 0 aromatic carbocycles. The Hall–Kier alpha value is -1.28. The summed E-state index contributed by atoms with van der Waals surface area (Å²) in [5.74, 6) is -1.65. The van der Waals surface area contributed by atoms with Gasteiger partial charge in [0.2, 0.25) is 5.91 Å². The summed E-state index contributed by atoms with van der Waals surface area (Å²) < 4.78 is -0.801. The molecule has 0 aromatic rings. The topological polar surface area (TPSA) is 122 Å². The Kier molecular flexibility index (Phi) is 6.71. The number of carbonyl (C=O) groups is 3. The Bertz CT molecular complexity index is 333. The summed E-state index contributed by atoms with van der Waals surface area (Å²) in [6, 6.07) is -1.65. The standard InChI is InChI=1S/C10H19N3O4S/c1-4-12-9(17)13-6(14)5-18-10(2,3)7(11)8(15)16/h7H,4-5,11H2,1-3H3,(H,15,16)(H2,12,13,14,17)/t7-/m0/s1. The third-order valence-corrected chi connectivity index (χ3v) is 3.59. The Labute approximate surface area is 110 Å². The van der Waals surface area contributed by atoms with Crippen LogP contribution >= 0.6 is 11.8 Å². The quantitative estimate of drug-likeness (QED) is 0.531. The maximum absolute atomic E-state index is 11.4. The van der Waals surface area contributed by atoms with Gasteiger partial charge in [-0.1, -0.05) is 0 Å². The molecule has 8 heteroatoms. The van der Waals surface area contributed by atoms with Crippen molar-refractivity contribution in [3.63, 3.8) is 0 Å². The number of rotatable bonds is 6. The number of carbonyl (C=O) groups excluding carboxylic acids is 2. The van der Waals surface area contributed by atoms with Gasteiger partial charge in [-0.2, -0.15) is 0 Å². The monoisotopic (exact) mass is 277 g/mol. The van der Waals surface area contributed by atoms with Crippen molar-refractivity contribution in [1.82, 2.24) is 10.6 Å². The molecule has 0 heterocycles. The molecule has 104 valence electrons. The summed E-state index contributed by atoms with van der Waals surface area (Å²) in [5, 5.41) is 13.3. The van der Waals surface area contributed by atoms with Gasteiger partial charge in [0, 0.05) is 11.3 Å². The zero-order valence-electron chi connectivity index (χ0n) is 10.6. The largest absolute Gasteiger partial charge is 0.480 e. The molecule has 0 spiro atoms. The number of hydrogen-bond acceptors (Lipinski definition) is 5. The first-order chi connectivity index (χ1) is 8.20. The maximum Gasteiger partial charge on any atom is 0.321 e. The molecule has 7 nitrogen and oxygen atoms in total. The van der Waals surface area contributed by atoms with E-state index in [1.165, 1.54) is 0 Å². The van der Waals surface area contributed by atoms with E-state index in [1.54, 1.807) is 20.8 Å². The molecule has 0 saturated carbocycles. The molecule has 1 atom stereocenters. The van der Waals surface area contributed by atoms with Crippen LogP contribution in [0.5, 0.6) is 0 Å². The molecule has 0 aromatic heterocycles. The number of nitrogens with two attached hydrogens (primary N) is 1. The van der Waals surface area contributed by atoms with Crippen molar-refractivity contribution in [3.05, 3.63) is 0 Å². The van der Waals surface area contributed by atoms with Crippen molar-refractivity contribution in [2.75, 3.05) is 12.3 Å². The highest BCUT2D eigenvalue weighted by Crippen LogP contribution is 2.27. The van der Waals surface area contributed by atoms with Crippen LogP contribution in [0.15, 0.2) is 0 Å². The lowest BCUT2D eigenvalue weighted by Gasteiger charge is -2.27. The lowest BCUT2D eigenvalue weighted by atomic mass is 10.1. The number of thioether (sulfide) groups is 1. The molecule has 0 rings (SSSR count). The van der Waals surface area contributed by atoms with Crippen LogP contribution in [0.3, 0.4) is 0 Å². The molecule has 0 aliphatic rings. The molecular weight excluding hydrogens is 258 g/mol. The highest BCUT2D eigenvalue weighted by atomic mass is 32.2. The number of amides is 3. The first kappa shape index (κ1) is 16.7. The predicted molar refractivity (Wildman–Crippen MR) is 69.4 cm³/mol. The van der Waals surface area contributed by atoms with Gasteiger partial charge in [0.1, 0.15) is 6.04 Å². The van der Waals surface area contributed by atoms with Crippen LogP contribution in [-0.4, -0.2) is 46.1 Å². The summed E-state index contributed by atoms with van der Waals surface area (Å²) in [6.07, 6.45) is 0. The molecule has 5 N–H and O–H groups in total. The second kappa shape index (κ2) is 7.22. The van der Waals surface area contributed by atoms with E-state index in [1.807, 2.05) is 0 Å². The maximum atomic E-state index is 11.4. The molecule has 0 saturated heterocycles. The Morgan fingerprint density at radius 3 is 2.39 bits per heavy atom. The summed E-state index contributed by atoms with van der Waals surface area (Å²) in [5.41, 5.74) is 5.50. The third kappa shape index (κ3) is 5.87. The van der Waals surface area contributed by atoms with Crippen molar-refractivity contribution in [2.45, 2.75) is 31.6 Å². The van der Waals surface area contributed by atoms with Gasteiger partial charge in [-0.25, -0.2) is 4.79 Å². The molecule has 3 amide bonds.